The van der Waals surface area contributed by atoms with Crippen molar-refractivity contribution in [1.82, 2.24) is 4.90 Å². The molecule has 1 spiro atoms. The Morgan fingerprint density at radius 2 is 1.78 bits per heavy atom. The first kappa shape index (κ1) is 23.5. The number of nitrogens with zero attached hydrogens (tertiary/aromatic N) is 1. The van der Waals surface area contributed by atoms with E-state index in [9.17, 15) is 9.59 Å². The van der Waals surface area contributed by atoms with E-state index in [4.69, 9.17) is 9.47 Å². The van der Waals surface area contributed by atoms with Crippen LogP contribution >= 0.6 is 0 Å². The van der Waals surface area contributed by atoms with Gasteiger partial charge in [0.1, 0.15) is 5.60 Å². The van der Waals surface area contributed by atoms with Crippen LogP contribution in [0.2, 0.25) is 0 Å². The van der Waals surface area contributed by atoms with Crippen LogP contribution in [0.5, 0.6) is 0 Å². The molecule has 27 heavy (non-hydrogen) atoms. The van der Waals surface area contributed by atoms with E-state index >= 15 is 0 Å². The van der Waals surface area contributed by atoms with Crippen LogP contribution in [0.1, 0.15) is 80.1 Å². The molecule has 0 radical (unpaired) electrons. The van der Waals surface area contributed by atoms with Crippen LogP contribution in [0, 0.1) is 11.3 Å². The summed E-state index contributed by atoms with van der Waals surface area (Å²) in [6.07, 6.45) is 10.0. The second kappa shape index (κ2) is 10.7. The maximum absolute atomic E-state index is 12.2. The van der Waals surface area contributed by atoms with E-state index in [1.54, 1.807) is 6.08 Å². The molecule has 1 unspecified atom stereocenters. The van der Waals surface area contributed by atoms with Gasteiger partial charge in [0.25, 0.3) is 0 Å². The Bertz CT molecular complexity index is 499. The Hall–Kier alpha value is -1.52. The van der Waals surface area contributed by atoms with Crippen molar-refractivity contribution in [1.29, 1.82) is 0 Å². The highest BCUT2D eigenvalue weighted by Gasteiger charge is 2.42. The average molecular weight is 382 g/mol. The molecular weight excluding hydrogens is 342 g/mol. The molecule has 1 aliphatic heterocycles. The number of allylic oxidation sites excluding steroid dienone is 1. The van der Waals surface area contributed by atoms with Gasteiger partial charge in [0, 0.05) is 19.2 Å². The summed E-state index contributed by atoms with van der Waals surface area (Å²) in [7, 11) is 0. The lowest BCUT2D eigenvalue weighted by atomic mass is 9.76. The number of ether oxygens (including phenoxy) is 2. The van der Waals surface area contributed by atoms with E-state index in [1.165, 1.54) is 19.3 Å². The molecule has 0 aromatic rings. The number of rotatable bonds is 4. The Morgan fingerprint density at radius 3 is 2.33 bits per heavy atom. The van der Waals surface area contributed by atoms with Crippen LogP contribution in [0.3, 0.4) is 0 Å². The number of carbonyl (C=O) groups is 2. The van der Waals surface area contributed by atoms with Gasteiger partial charge in [-0.1, -0.05) is 19.9 Å². The molecule has 1 aliphatic carbocycles. The second-order valence-corrected chi connectivity index (χ2v) is 8.47. The molecule has 5 heteroatoms. The van der Waals surface area contributed by atoms with Crippen molar-refractivity contribution >= 4 is 12.1 Å². The number of carbonyl (C=O) groups excluding carboxylic acids is 2. The predicted molar refractivity (Wildman–Crippen MR) is 109 cm³/mol. The first-order chi connectivity index (χ1) is 12.7. The number of hydrogen-bond donors (Lipinski definition) is 0. The highest BCUT2D eigenvalue weighted by molar-refractivity contribution is 5.81. The lowest BCUT2D eigenvalue weighted by Crippen LogP contribution is -2.44. The number of amides is 1. The van der Waals surface area contributed by atoms with Crippen molar-refractivity contribution in [3.8, 4) is 0 Å². The number of hydrogen-bond acceptors (Lipinski definition) is 4. The minimum atomic E-state index is -0.435. The summed E-state index contributed by atoms with van der Waals surface area (Å²) < 4.78 is 10.4. The fourth-order valence-electron chi connectivity index (χ4n) is 4.02. The van der Waals surface area contributed by atoms with Gasteiger partial charge in [0.05, 0.1) is 6.61 Å². The maximum Gasteiger partial charge on any atom is 0.410 e. The first-order valence-electron chi connectivity index (χ1n) is 10.5. The number of piperidine rings is 1. The zero-order valence-corrected chi connectivity index (χ0v) is 18.2. The molecule has 1 heterocycles. The van der Waals surface area contributed by atoms with Crippen LogP contribution in [0.25, 0.3) is 0 Å². The summed E-state index contributed by atoms with van der Waals surface area (Å²) in [6.45, 7) is 13.5. The molecule has 5 nitrogen and oxygen atoms in total. The summed E-state index contributed by atoms with van der Waals surface area (Å²) >= 11 is 0. The van der Waals surface area contributed by atoms with Gasteiger partial charge in [-0.25, -0.2) is 9.59 Å². The van der Waals surface area contributed by atoms with Crippen LogP contribution in [-0.2, 0) is 14.3 Å². The fourth-order valence-corrected chi connectivity index (χ4v) is 4.02. The summed E-state index contributed by atoms with van der Waals surface area (Å²) in [4.78, 5) is 25.4. The van der Waals surface area contributed by atoms with E-state index < -0.39 is 5.60 Å². The molecule has 0 aromatic carbocycles. The van der Waals surface area contributed by atoms with Gasteiger partial charge in [-0.3, -0.25) is 0 Å². The summed E-state index contributed by atoms with van der Waals surface area (Å²) in [5.41, 5.74) is -0.0587. The molecule has 2 rings (SSSR count). The smallest absolute Gasteiger partial charge is 0.410 e. The van der Waals surface area contributed by atoms with Crippen molar-refractivity contribution < 1.29 is 19.1 Å². The SMILES string of the molecule is CC.CCOC(=O)/C=C\CC1CCC2(CCN(C(=O)OC(C)(C)C)CC2)C1. The van der Waals surface area contributed by atoms with Gasteiger partial charge < -0.3 is 14.4 Å². The van der Waals surface area contributed by atoms with Gasteiger partial charge in [0.15, 0.2) is 0 Å². The third-order valence-electron chi connectivity index (χ3n) is 5.29. The third kappa shape index (κ3) is 7.94. The highest BCUT2D eigenvalue weighted by atomic mass is 16.6. The van der Waals surface area contributed by atoms with Crippen molar-refractivity contribution in [3.63, 3.8) is 0 Å². The molecule has 0 bridgehead atoms. The van der Waals surface area contributed by atoms with Gasteiger partial charge in [-0.15, -0.1) is 0 Å². The summed E-state index contributed by atoms with van der Waals surface area (Å²) in [6, 6.07) is 0. The normalized spacial score (nSPS) is 21.7. The van der Waals surface area contributed by atoms with Crippen molar-refractivity contribution in [3.05, 3.63) is 12.2 Å². The van der Waals surface area contributed by atoms with Gasteiger partial charge in [-0.2, -0.15) is 0 Å². The van der Waals surface area contributed by atoms with Crippen LogP contribution in [0.15, 0.2) is 12.2 Å². The molecule has 2 fully saturated rings. The Balaban J connectivity index is 0.00000176. The predicted octanol–water partition coefficient (Wildman–Crippen LogP) is 5.34. The van der Waals surface area contributed by atoms with E-state index in [0.29, 0.717) is 17.9 Å². The fraction of sp³-hybridized carbons (Fsp3) is 0.818. The van der Waals surface area contributed by atoms with Gasteiger partial charge >= 0.3 is 12.1 Å². The number of esters is 1. The monoisotopic (exact) mass is 381 g/mol. The molecule has 1 amide bonds. The van der Waals surface area contributed by atoms with E-state index in [2.05, 4.69) is 0 Å². The van der Waals surface area contributed by atoms with Crippen molar-refractivity contribution in [2.45, 2.75) is 85.7 Å². The van der Waals surface area contributed by atoms with E-state index in [0.717, 1.165) is 32.4 Å². The topological polar surface area (TPSA) is 55.8 Å². The quantitative estimate of drug-likeness (QED) is 0.487. The van der Waals surface area contributed by atoms with Crippen LogP contribution in [0.4, 0.5) is 4.79 Å². The minimum absolute atomic E-state index is 0.186. The van der Waals surface area contributed by atoms with E-state index in [1.807, 2.05) is 52.5 Å². The Kier molecular flexibility index (Phi) is 9.34. The van der Waals surface area contributed by atoms with Crippen molar-refractivity contribution in [2.24, 2.45) is 11.3 Å². The molecule has 0 N–H and O–H groups in total. The lowest BCUT2D eigenvalue weighted by molar-refractivity contribution is -0.137. The average Bonchev–Trinajstić information content (AvgIpc) is 2.98. The minimum Gasteiger partial charge on any atom is -0.463 e. The van der Waals surface area contributed by atoms with E-state index in [-0.39, 0.29) is 12.1 Å². The summed E-state index contributed by atoms with van der Waals surface area (Å²) in [5.74, 6) is 0.389. The van der Waals surface area contributed by atoms with Crippen LogP contribution in [-0.4, -0.2) is 42.3 Å². The molecular formula is C22H39NO4. The van der Waals surface area contributed by atoms with Crippen LogP contribution < -0.4 is 0 Å². The lowest BCUT2D eigenvalue weighted by Gasteiger charge is -2.40. The largest absolute Gasteiger partial charge is 0.463 e. The van der Waals surface area contributed by atoms with Crippen molar-refractivity contribution in [2.75, 3.05) is 19.7 Å². The Morgan fingerprint density at radius 1 is 1.15 bits per heavy atom. The van der Waals surface area contributed by atoms with Gasteiger partial charge in [0.2, 0.25) is 0 Å². The first-order valence-corrected chi connectivity index (χ1v) is 10.5. The zero-order chi connectivity index (χ0) is 20.5. The zero-order valence-electron chi connectivity index (χ0n) is 18.2. The summed E-state index contributed by atoms with van der Waals surface area (Å²) in [5, 5.41) is 0. The molecule has 1 saturated carbocycles. The molecule has 1 saturated heterocycles. The standard InChI is InChI=1S/C20H33NO4.C2H6/c1-5-24-17(22)8-6-7-16-9-10-20(15-16)11-13-21(14-12-20)18(23)25-19(2,3)4;1-2/h6,8,16H,5,7,9-15H2,1-4H3;1-2H3/b8-6-;. The molecule has 1 atom stereocenters. The molecule has 0 aromatic heterocycles. The highest BCUT2D eigenvalue weighted by Crippen LogP contribution is 2.50. The Labute approximate surface area is 165 Å². The second-order valence-electron chi connectivity index (χ2n) is 8.47. The maximum atomic E-state index is 12.2. The molecule has 156 valence electrons. The molecule has 2 aliphatic rings. The third-order valence-corrected chi connectivity index (χ3v) is 5.29. The number of likely N-dealkylation sites (tertiary alicyclic amines) is 1. The van der Waals surface area contributed by atoms with Gasteiger partial charge in [-0.05, 0) is 77.6 Å².